The van der Waals surface area contributed by atoms with Crippen molar-refractivity contribution in [1.82, 2.24) is 10.0 Å². The van der Waals surface area contributed by atoms with Gasteiger partial charge in [0.2, 0.25) is 0 Å². The molecule has 1 aliphatic heterocycles. The summed E-state index contributed by atoms with van der Waals surface area (Å²) in [6.45, 7) is 13.0. The zero-order valence-corrected chi connectivity index (χ0v) is 18.0. The maximum atomic E-state index is 6.39. The topological polar surface area (TPSA) is 33.3 Å². The van der Waals surface area contributed by atoms with Crippen LogP contribution < -0.4 is 14.8 Å². The number of nitrogens with one attached hydrogen (secondary N) is 2. The number of piperidine rings is 2. The van der Waals surface area contributed by atoms with Crippen LogP contribution in [0.1, 0.15) is 38.8 Å². The van der Waals surface area contributed by atoms with Crippen molar-refractivity contribution in [2.24, 2.45) is 17.8 Å². The molecule has 0 radical (unpaired) electrons. The van der Waals surface area contributed by atoms with Gasteiger partial charge >= 0.3 is 0 Å². The quantitative estimate of drug-likeness (QED) is 0.456. The van der Waals surface area contributed by atoms with Crippen LogP contribution in [0, 0.1) is 17.8 Å². The average molecular weight is 415 g/mol. The molecule has 26 heavy (non-hydrogen) atoms. The molecule has 1 heterocycles. The Morgan fingerprint density at radius 1 is 1.31 bits per heavy atom. The number of ether oxygens (including phenoxy) is 1. The SMILES string of the molecule is C=CCOc1cc(Cl)c(Cl)cc1C(NSC(C)(C)C)C1C2CNCC1C2. The molecule has 3 unspecified atom stereocenters. The highest BCUT2D eigenvalue weighted by Crippen LogP contribution is 2.52. The summed E-state index contributed by atoms with van der Waals surface area (Å²) < 4.78 is 9.82. The van der Waals surface area contributed by atoms with Crippen molar-refractivity contribution in [1.29, 1.82) is 0 Å². The molecular weight excluding hydrogens is 387 g/mol. The second-order valence-electron chi connectivity index (χ2n) is 8.21. The van der Waals surface area contributed by atoms with Crippen molar-refractivity contribution in [2.45, 2.75) is 38.0 Å². The summed E-state index contributed by atoms with van der Waals surface area (Å²) in [7, 11) is 0. The Bertz CT molecular complexity index is 648. The van der Waals surface area contributed by atoms with Gasteiger partial charge in [-0.15, -0.1) is 0 Å². The summed E-state index contributed by atoms with van der Waals surface area (Å²) in [4.78, 5) is 0. The van der Waals surface area contributed by atoms with Gasteiger partial charge in [-0.1, -0.05) is 47.8 Å². The summed E-state index contributed by atoms with van der Waals surface area (Å²) in [6.07, 6.45) is 3.06. The maximum absolute atomic E-state index is 6.39. The Labute approximate surface area is 171 Å². The fourth-order valence-corrected chi connectivity index (χ4v) is 5.07. The van der Waals surface area contributed by atoms with Gasteiger partial charge in [-0.25, -0.2) is 0 Å². The van der Waals surface area contributed by atoms with E-state index in [1.165, 1.54) is 6.42 Å². The molecular formula is C20H28Cl2N2OS. The Morgan fingerprint density at radius 2 is 1.96 bits per heavy atom. The predicted molar refractivity (Wildman–Crippen MR) is 113 cm³/mol. The fourth-order valence-electron chi connectivity index (χ4n) is 3.98. The van der Waals surface area contributed by atoms with Crippen LogP contribution in [0.5, 0.6) is 5.75 Å². The minimum Gasteiger partial charge on any atom is -0.489 e. The third-order valence-electron chi connectivity index (χ3n) is 5.13. The first-order chi connectivity index (χ1) is 12.3. The summed E-state index contributed by atoms with van der Waals surface area (Å²) in [6, 6.07) is 4.00. The van der Waals surface area contributed by atoms with Crippen molar-refractivity contribution in [3.05, 3.63) is 40.4 Å². The largest absolute Gasteiger partial charge is 0.489 e. The minimum atomic E-state index is 0.119. The predicted octanol–water partition coefficient (Wildman–Crippen LogP) is 5.49. The van der Waals surface area contributed by atoms with Gasteiger partial charge in [0.1, 0.15) is 12.4 Å². The molecule has 0 spiro atoms. The highest BCUT2D eigenvalue weighted by Gasteiger charge is 2.48. The lowest BCUT2D eigenvalue weighted by atomic mass is 9.58. The van der Waals surface area contributed by atoms with Crippen molar-refractivity contribution in [2.75, 3.05) is 19.7 Å². The first-order valence-corrected chi connectivity index (χ1v) is 10.7. The van der Waals surface area contributed by atoms with E-state index in [2.05, 4.69) is 37.4 Å². The van der Waals surface area contributed by atoms with E-state index in [-0.39, 0.29) is 10.8 Å². The van der Waals surface area contributed by atoms with Gasteiger partial charge < -0.3 is 10.1 Å². The molecule has 1 aromatic rings. The Kier molecular flexibility index (Phi) is 6.51. The van der Waals surface area contributed by atoms with Crippen molar-refractivity contribution in [3.8, 4) is 5.75 Å². The highest BCUT2D eigenvalue weighted by molar-refractivity contribution is 7.98. The number of benzene rings is 1. The first-order valence-electron chi connectivity index (χ1n) is 9.17. The van der Waals surface area contributed by atoms with Gasteiger partial charge in [0.05, 0.1) is 10.0 Å². The Hall–Kier alpha value is -0.390. The summed E-state index contributed by atoms with van der Waals surface area (Å²) in [5.74, 6) is 2.75. The molecule has 2 N–H and O–H groups in total. The standard InChI is InChI=1S/C20H28Cl2N2OS/c1-5-6-25-17-9-16(22)15(21)8-14(17)19(24-26-20(2,3)4)18-12-7-13(18)11-23-10-12/h5,8-9,12-13,18-19,23-24H,1,6-7,10-11H2,2-4H3. The Balaban J connectivity index is 1.95. The van der Waals surface area contributed by atoms with Crippen LogP contribution in [0.15, 0.2) is 24.8 Å². The molecule has 144 valence electrons. The van der Waals surface area contributed by atoms with Crippen molar-refractivity contribution < 1.29 is 4.74 Å². The van der Waals surface area contributed by atoms with Crippen LogP contribution in [0.4, 0.5) is 0 Å². The van der Waals surface area contributed by atoms with E-state index in [1.807, 2.05) is 12.1 Å². The smallest absolute Gasteiger partial charge is 0.126 e. The average Bonchev–Trinajstić information content (AvgIpc) is 2.59. The van der Waals surface area contributed by atoms with E-state index in [0.717, 1.165) is 24.4 Å². The molecule has 1 aliphatic carbocycles. The molecule has 0 amide bonds. The van der Waals surface area contributed by atoms with E-state index in [9.17, 15) is 0 Å². The van der Waals surface area contributed by atoms with Crippen LogP contribution in [0.25, 0.3) is 0 Å². The third-order valence-corrected chi connectivity index (χ3v) is 6.83. The monoisotopic (exact) mass is 414 g/mol. The van der Waals surface area contributed by atoms with Gasteiger partial charge in [-0.2, -0.15) is 0 Å². The van der Waals surface area contributed by atoms with E-state index in [0.29, 0.717) is 34.4 Å². The lowest BCUT2D eigenvalue weighted by Gasteiger charge is -2.53. The highest BCUT2D eigenvalue weighted by atomic mass is 35.5. The van der Waals surface area contributed by atoms with Gasteiger partial charge in [0.25, 0.3) is 0 Å². The molecule has 1 saturated carbocycles. The van der Waals surface area contributed by atoms with Crippen LogP contribution in [0.2, 0.25) is 10.0 Å². The van der Waals surface area contributed by atoms with E-state index in [4.69, 9.17) is 27.9 Å². The number of fused-ring (bicyclic) bond motifs is 2. The number of hydrogen-bond acceptors (Lipinski definition) is 4. The molecule has 3 rings (SSSR count). The van der Waals surface area contributed by atoms with Crippen molar-refractivity contribution >= 4 is 35.1 Å². The molecule has 6 heteroatoms. The molecule has 2 aliphatic rings. The second-order valence-corrected chi connectivity index (χ2v) is 10.7. The normalized spacial score (nSPS) is 26.1. The third kappa shape index (κ3) is 4.53. The lowest BCUT2D eigenvalue weighted by Crippen LogP contribution is -2.56. The molecule has 3 atom stereocenters. The summed E-state index contributed by atoms with van der Waals surface area (Å²) >= 11 is 14.4. The van der Waals surface area contributed by atoms with Crippen molar-refractivity contribution in [3.63, 3.8) is 0 Å². The molecule has 2 bridgehead atoms. The Morgan fingerprint density at radius 3 is 2.54 bits per heavy atom. The number of hydrogen-bond donors (Lipinski definition) is 2. The number of halogens is 2. The molecule has 1 aromatic carbocycles. The van der Waals surface area contributed by atoms with Gasteiger partial charge in [0.15, 0.2) is 0 Å². The van der Waals surface area contributed by atoms with Gasteiger partial charge in [0, 0.05) is 22.4 Å². The lowest BCUT2D eigenvalue weighted by molar-refractivity contribution is 0.00737. The van der Waals surface area contributed by atoms with E-state index in [1.54, 1.807) is 18.0 Å². The first kappa shape index (κ1) is 20.3. The van der Waals surface area contributed by atoms with Crippen LogP contribution in [0.3, 0.4) is 0 Å². The molecule has 3 nitrogen and oxygen atoms in total. The van der Waals surface area contributed by atoms with Crippen LogP contribution in [-0.4, -0.2) is 24.4 Å². The molecule has 0 aromatic heterocycles. The molecule has 2 fully saturated rings. The van der Waals surface area contributed by atoms with E-state index < -0.39 is 0 Å². The van der Waals surface area contributed by atoms with Gasteiger partial charge in [-0.3, -0.25) is 4.72 Å². The minimum absolute atomic E-state index is 0.119. The summed E-state index contributed by atoms with van der Waals surface area (Å²) in [5, 5.41) is 4.63. The second kappa shape index (κ2) is 8.32. The fraction of sp³-hybridized carbons (Fsp3) is 0.600. The zero-order chi connectivity index (χ0) is 18.9. The zero-order valence-electron chi connectivity index (χ0n) is 15.6. The van der Waals surface area contributed by atoms with E-state index >= 15 is 0 Å². The maximum Gasteiger partial charge on any atom is 0.126 e. The number of rotatable bonds is 7. The molecule has 1 saturated heterocycles. The summed E-state index contributed by atoms with van der Waals surface area (Å²) in [5.41, 5.74) is 1.10. The van der Waals surface area contributed by atoms with Gasteiger partial charge in [-0.05, 0) is 64.1 Å². The van der Waals surface area contributed by atoms with Crippen LogP contribution >= 0.6 is 35.1 Å². The van der Waals surface area contributed by atoms with Crippen LogP contribution in [-0.2, 0) is 0 Å².